The van der Waals surface area contributed by atoms with Gasteiger partial charge in [0, 0.05) is 30.0 Å². The maximum Gasteiger partial charge on any atom is 0.355 e. The Morgan fingerprint density at radius 2 is 1.39 bits per heavy atom. The third-order valence-corrected chi connectivity index (χ3v) is 4.80. The first-order valence-corrected chi connectivity index (χ1v) is 11.4. The molecule has 0 aliphatic heterocycles. The highest BCUT2D eigenvalue weighted by molar-refractivity contribution is 8.13. The van der Waals surface area contributed by atoms with Gasteiger partial charge in [0.1, 0.15) is 0 Å². The van der Waals surface area contributed by atoms with E-state index in [0.29, 0.717) is 6.61 Å². The van der Waals surface area contributed by atoms with Gasteiger partial charge in [0.2, 0.25) is 0 Å². The largest absolute Gasteiger partial charge is 0.379 e. The standard InChI is InChI=1S/C15H29ClO5S2/c1-15(17)22-14-10-8-6-4-2-3-5-7-9-11-20-12-13-21-23(16,18)19/h2-14H2,1H3. The first-order chi connectivity index (χ1) is 10.9. The van der Waals surface area contributed by atoms with Gasteiger partial charge >= 0.3 is 9.33 Å². The van der Waals surface area contributed by atoms with Gasteiger partial charge in [-0.1, -0.05) is 56.7 Å². The average Bonchev–Trinajstić information content (AvgIpc) is 2.45. The smallest absolute Gasteiger partial charge is 0.355 e. The molecule has 0 fully saturated rings. The van der Waals surface area contributed by atoms with E-state index in [0.717, 1.165) is 25.0 Å². The summed E-state index contributed by atoms with van der Waals surface area (Å²) < 4.78 is 30.5. The van der Waals surface area contributed by atoms with Crippen LogP contribution in [-0.4, -0.2) is 39.1 Å². The highest BCUT2D eigenvalue weighted by Gasteiger charge is 2.03. The van der Waals surface area contributed by atoms with Crippen molar-refractivity contribution in [3.63, 3.8) is 0 Å². The van der Waals surface area contributed by atoms with Crippen molar-refractivity contribution in [1.82, 2.24) is 0 Å². The molecule has 138 valence electrons. The van der Waals surface area contributed by atoms with E-state index < -0.39 is 9.33 Å². The van der Waals surface area contributed by atoms with Crippen LogP contribution in [0.2, 0.25) is 0 Å². The summed E-state index contributed by atoms with van der Waals surface area (Å²) in [6.45, 7) is 2.46. The Morgan fingerprint density at radius 1 is 0.870 bits per heavy atom. The van der Waals surface area contributed by atoms with Gasteiger partial charge in [-0.05, 0) is 12.8 Å². The van der Waals surface area contributed by atoms with E-state index in [4.69, 9.17) is 15.4 Å². The van der Waals surface area contributed by atoms with Crippen LogP contribution in [0, 0.1) is 0 Å². The Labute approximate surface area is 149 Å². The van der Waals surface area contributed by atoms with Gasteiger partial charge in [-0.2, -0.15) is 8.42 Å². The van der Waals surface area contributed by atoms with E-state index in [-0.39, 0.29) is 18.3 Å². The van der Waals surface area contributed by atoms with Crippen LogP contribution in [0.3, 0.4) is 0 Å². The number of carbonyl (C=O) groups is 1. The van der Waals surface area contributed by atoms with Crippen molar-refractivity contribution >= 4 is 36.9 Å². The van der Waals surface area contributed by atoms with Crippen molar-refractivity contribution in [2.45, 2.75) is 64.7 Å². The molecule has 23 heavy (non-hydrogen) atoms. The SMILES string of the molecule is CC(=O)SCCCCCCCCCCCOCCOS(=O)(=O)Cl. The number of unbranched alkanes of at least 4 members (excludes halogenated alkanes) is 8. The predicted molar refractivity (Wildman–Crippen MR) is 96.2 cm³/mol. The molecule has 0 aliphatic rings. The normalized spacial score (nSPS) is 11.7. The van der Waals surface area contributed by atoms with Crippen LogP contribution in [0.4, 0.5) is 0 Å². The molecule has 0 amide bonds. The lowest BCUT2D eigenvalue weighted by molar-refractivity contribution is -0.109. The first-order valence-electron chi connectivity index (χ1n) is 8.22. The molecular weight excluding hydrogens is 360 g/mol. The van der Waals surface area contributed by atoms with Gasteiger partial charge in [-0.15, -0.1) is 0 Å². The Balaban J connectivity index is 3.07. The van der Waals surface area contributed by atoms with E-state index in [1.165, 1.54) is 50.3 Å². The van der Waals surface area contributed by atoms with Crippen molar-refractivity contribution in [1.29, 1.82) is 0 Å². The summed E-state index contributed by atoms with van der Waals surface area (Å²) >= 11 is 1.42. The summed E-state index contributed by atoms with van der Waals surface area (Å²) in [7, 11) is 1.01. The van der Waals surface area contributed by atoms with Crippen LogP contribution in [0.15, 0.2) is 0 Å². The lowest BCUT2D eigenvalue weighted by Gasteiger charge is -2.04. The van der Waals surface area contributed by atoms with Gasteiger partial charge in [0.25, 0.3) is 0 Å². The molecule has 0 aliphatic carbocycles. The molecule has 0 spiro atoms. The fourth-order valence-electron chi connectivity index (χ4n) is 2.05. The van der Waals surface area contributed by atoms with Crippen molar-refractivity contribution < 1.29 is 22.1 Å². The van der Waals surface area contributed by atoms with E-state index in [1.807, 2.05) is 0 Å². The molecule has 8 heteroatoms. The number of hydrogen-bond donors (Lipinski definition) is 0. The van der Waals surface area contributed by atoms with Crippen LogP contribution in [0.1, 0.15) is 64.7 Å². The van der Waals surface area contributed by atoms with Crippen molar-refractivity contribution in [2.24, 2.45) is 0 Å². The molecule has 0 rings (SSSR count). The number of hydrogen-bond acceptors (Lipinski definition) is 6. The van der Waals surface area contributed by atoms with E-state index in [1.54, 1.807) is 6.92 Å². The molecule has 0 saturated carbocycles. The fraction of sp³-hybridized carbons (Fsp3) is 0.933. The molecular formula is C15H29ClO5S2. The highest BCUT2D eigenvalue weighted by atomic mass is 35.7. The van der Waals surface area contributed by atoms with E-state index in [9.17, 15) is 13.2 Å². The average molecular weight is 389 g/mol. The maximum absolute atomic E-state index is 10.7. The Bertz CT molecular complexity index is 387. The monoisotopic (exact) mass is 388 g/mol. The third-order valence-electron chi connectivity index (χ3n) is 3.19. The Hall–Kier alpha value is 0.180. The van der Waals surface area contributed by atoms with Crippen molar-refractivity contribution in [3.05, 3.63) is 0 Å². The number of halogens is 1. The minimum absolute atomic E-state index is 0.0310. The summed E-state index contributed by atoms with van der Waals surface area (Å²) in [5.74, 6) is 0.956. The molecule has 0 atom stereocenters. The van der Waals surface area contributed by atoms with Crippen LogP contribution >= 0.6 is 22.4 Å². The Morgan fingerprint density at radius 3 is 1.91 bits per heavy atom. The minimum Gasteiger partial charge on any atom is -0.379 e. The van der Waals surface area contributed by atoms with Crippen LogP contribution in [0.5, 0.6) is 0 Å². The van der Waals surface area contributed by atoms with Gasteiger partial charge in [0.15, 0.2) is 5.12 Å². The number of thioether (sulfide) groups is 1. The second-order valence-electron chi connectivity index (χ2n) is 5.35. The first kappa shape index (κ1) is 23.2. The fourth-order valence-corrected chi connectivity index (χ4v) is 3.15. The lowest BCUT2D eigenvalue weighted by Crippen LogP contribution is -2.07. The van der Waals surface area contributed by atoms with Gasteiger partial charge in [-0.25, -0.2) is 0 Å². The molecule has 0 radical (unpaired) electrons. The Kier molecular flexibility index (Phi) is 15.8. The van der Waals surface area contributed by atoms with Crippen LogP contribution in [0.25, 0.3) is 0 Å². The number of carbonyl (C=O) groups excluding carboxylic acids is 1. The van der Waals surface area contributed by atoms with Crippen LogP contribution in [-0.2, 0) is 23.0 Å². The zero-order valence-electron chi connectivity index (χ0n) is 13.9. The molecule has 0 aromatic carbocycles. The number of rotatable bonds is 16. The molecule has 0 N–H and O–H groups in total. The highest BCUT2D eigenvalue weighted by Crippen LogP contribution is 2.12. The third kappa shape index (κ3) is 22.2. The molecule has 0 unspecified atom stereocenters. The number of ether oxygens (including phenoxy) is 1. The summed E-state index contributed by atoms with van der Waals surface area (Å²) in [6, 6.07) is 0. The van der Waals surface area contributed by atoms with E-state index in [2.05, 4.69) is 4.18 Å². The van der Waals surface area contributed by atoms with E-state index >= 15 is 0 Å². The van der Waals surface area contributed by atoms with Crippen LogP contribution < -0.4 is 0 Å². The van der Waals surface area contributed by atoms with Gasteiger partial charge in [0.05, 0.1) is 13.2 Å². The second-order valence-corrected chi connectivity index (χ2v) is 8.78. The molecule has 0 aromatic rings. The maximum atomic E-state index is 10.7. The summed E-state index contributed by atoms with van der Waals surface area (Å²) in [5.41, 5.74) is 0. The zero-order chi connectivity index (χ0) is 17.4. The lowest BCUT2D eigenvalue weighted by atomic mass is 10.1. The topological polar surface area (TPSA) is 69.7 Å². The zero-order valence-corrected chi connectivity index (χ0v) is 16.3. The quantitative estimate of drug-likeness (QED) is 0.290. The second kappa shape index (κ2) is 15.7. The summed E-state index contributed by atoms with van der Waals surface area (Å²) in [4.78, 5) is 10.7. The van der Waals surface area contributed by atoms with Gasteiger partial charge < -0.3 is 4.74 Å². The molecule has 0 bridgehead atoms. The molecule has 5 nitrogen and oxygen atoms in total. The molecule has 0 heterocycles. The summed E-state index contributed by atoms with van der Waals surface area (Å²) in [5, 5.41) is 0.214. The van der Waals surface area contributed by atoms with Crippen molar-refractivity contribution in [3.8, 4) is 0 Å². The van der Waals surface area contributed by atoms with Gasteiger partial charge in [-0.3, -0.25) is 8.98 Å². The predicted octanol–water partition coefficient (Wildman–Crippen LogP) is 4.29. The molecule has 0 aromatic heterocycles. The van der Waals surface area contributed by atoms with Crippen molar-refractivity contribution in [2.75, 3.05) is 25.6 Å². The molecule has 0 saturated heterocycles. The minimum atomic E-state index is -3.87. The summed E-state index contributed by atoms with van der Waals surface area (Å²) in [6.07, 6.45) is 10.7.